The molecule has 0 saturated carbocycles. The van der Waals surface area contributed by atoms with Gasteiger partial charge in [-0.15, -0.1) is 0 Å². The second-order valence-corrected chi connectivity index (χ2v) is 9.64. The SMILES string of the molecule is CN1C[C@H]2CN(c3cncc(-c4ccc5[nH]c6ccccc6c5c4)c3)C[C@H]21.O=C(O)C(F)(F)F.O=C(O)C(F)(F)F. The van der Waals surface area contributed by atoms with Gasteiger partial charge in [0.15, 0.2) is 0 Å². The number of likely N-dealkylation sites (tertiary alicyclic amines) is 1. The van der Waals surface area contributed by atoms with E-state index < -0.39 is 24.3 Å². The Morgan fingerprint density at radius 3 is 2.02 bits per heavy atom. The molecule has 4 aromatic rings. The molecule has 0 spiro atoms. The first-order chi connectivity index (χ1) is 19.1. The van der Waals surface area contributed by atoms with Crippen molar-refractivity contribution in [3.05, 3.63) is 60.9 Å². The van der Waals surface area contributed by atoms with Gasteiger partial charge in [0.05, 0.1) is 11.9 Å². The van der Waals surface area contributed by atoms with E-state index in [4.69, 9.17) is 19.8 Å². The monoisotopic (exact) mass is 582 g/mol. The zero-order valence-corrected chi connectivity index (χ0v) is 21.4. The highest BCUT2D eigenvalue weighted by Crippen LogP contribution is 2.35. The van der Waals surface area contributed by atoms with E-state index in [0.717, 1.165) is 25.0 Å². The number of fused-ring (bicyclic) bond motifs is 4. The maximum absolute atomic E-state index is 10.6. The van der Waals surface area contributed by atoms with Gasteiger partial charge >= 0.3 is 24.3 Å². The molecule has 218 valence electrons. The van der Waals surface area contributed by atoms with Crippen molar-refractivity contribution in [2.24, 2.45) is 5.92 Å². The molecular formula is C27H24F6N4O4. The summed E-state index contributed by atoms with van der Waals surface area (Å²) in [5.41, 5.74) is 6.03. The minimum atomic E-state index is -5.08. The number of anilines is 1. The number of hydrogen-bond acceptors (Lipinski definition) is 5. The van der Waals surface area contributed by atoms with Crippen LogP contribution in [0.4, 0.5) is 32.0 Å². The van der Waals surface area contributed by atoms with Crippen LogP contribution in [0.1, 0.15) is 0 Å². The molecule has 2 aliphatic rings. The molecule has 2 aromatic carbocycles. The summed E-state index contributed by atoms with van der Waals surface area (Å²) >= 11 is 0. The van der Waals surface area contributed by atoms with Gasteiger partial charge in [0, 0.05) is 65.2 Å². The van der Waals surface area contributed by atoms with Gasteiger partial charge in [-0.1, -0.05) is 24.3 Å². The lowest BCUT2D eigenvalue weighted by molar-refractivity contribution is -0.193. The average Bonchev–Trinajstić information content (AvgIpc) is 3.45. The zero-order valence-electron chi connectivity index (χ0n) is 21.4. The minimum Gasteiger partial charge on any atom is -0.475 e. The number of likely N-dealkylation sites (N-methyl/N-ethyl adjacent to an activating group) is 1. The molecule has 6 rings (SSSR count). The van der Waals surface area contributed by atoms with E-state index in [1.165, 1.54) is 45.2 Å². The number of carboxylic acids is 2. The molecule has 2 fully saturated rings. The molecule has 14 heteroatoms. The van der Waals surface area contributed by atoms with E-state index in [1.807, 2.05) is 12.4 Å². The Bertz CT molecular complexity index is 1540. The van der Waals surface area contributed by atoms with Crippen LogP contribution in [0.15, 0.2) is 60.9 Å². The van der Waals surface area contributed by atoms with Crippen LogP contribution in [0.5, 0.6) is 0 Å². The van der Waals surface area contributed by atoms with Crippen LogP contribution in [-0.2, 0) is 9.59 Å². The van der Waals surface area contributed by atoms with Crippen molar-refractivity contribution in [2.75, 3.05) is 31.6 Å². The maximum Gasteiger partial charge on any atom is 0.490 e. The molecule has 3 N–H and O–H groups in total. The number of H-pyrrole nitrogens is 1. The summed E-state index contributed by atoms with van der Waals surface area (Å²) in [5, 5.41) is 16.8. The number of pyridine rings is 1. The van der Waals surface area contributed by atoms with Gasteiger partial charge in [-0.2, -0.15) is 26.3 Å². The molecule has 0 aliphatic carbocycles. The normalized spacial score (nSPS) is 18.6. The fraction of sp³-hybridized carbons (Fsp3) is 0.296. The summed E-state index contributed by atoms with van der Waals surface area (Å²) in [6.45, 7) is 3.50. The smallest absolute Gasteiger partial charge is 0.475 e. The number of hydrogen-bond donors (Lipinski definition) is 3. The van der Waals surface area contributed by atoms with Gasteiger partial charge in [0.2, 0.25) is 0 Å². The first kappa shape index (κ1) is 29.6. The van der Waals surface area contributed by atoms with Crippen LogP contribution in [0.2, 0.25) is 0 Å². The van der Waals surface area contributed by atoms with E-state index in [2.05, 4.69) is 75.3 Å². The number of nitrogens with zero attached hydrogens (tertiary/aromatic N) is 3. The van der Waals surface area contributed by atoms with E-state index in [0.29, 0.717) is 0 Å². The molecule has 4 heterocycles. The van der Waals surface area contributed by atoms with Crippen LogP contribution in [0.25, 0.3) is 32.9 Å². The van der Waals surface area contributed by atoms with Crippen molar-refractivity contribution >= 4 is 39.4 Å². The molecule has 8 nitrogen and oxygen atoms in total. The van der Waals surface area contributed by atoms with Crippen molar-refractivity contribution < 1.29 is 46.1 Å². The van der Waals surface area contributed by atoms with Crippen molar-refractivity contribution in [1.82, 2.24) is 14.9 Å². The molecule has 0 bridgehead atoms. The standard InChI is InChI=1S/C23H22N4.2C2HF3O2/c1-26-12-17-13-27(14-23(17)26)18-8-16(10-24-11-18)15-6-7-22-20(9-15)19-4-2-3-5-21(19)25-22;2*3-2(4,5)1(6)7/h2-11,17,23,25H,12-14H2,1H3;2*(H,6,7)/t17-,23+;;/m0../s1. The molecule has 41 heavy (non-hydrogen) atoms. The molecule has 2 atom stereocenters. The topological polar surface area (TPSA) is 110 Å². The number of benzene rings is 2. The van der Waals surface area contributed by atoms with Gasteiger partial charge in [-0.25, -0.2) is 9.59 Å². The largest absolute Gasteiger partial charge is 0.490 e. The van der Waals surface area contributed by atoms with Crippen molar-refractivity contribution in [2.45, 2.75) is 18.4 Å². The summed E-state index contributed by atoms with van der Waals surface area (Å²) in [6, 6.07) is 18.2. The van der Waals surface area contributed by atoms with E-state index >= 15 is 0 Å². The molecular weight excluding hydrogens is 558 g/mol. The lowest BCUT2D eigenvalue weighted by atomic mass is 9.93. The zero-order chi connectivity index (χ0) is 30.1. The minimum absolute atomic E-state index is 0.719. The Labute approximate surface area is 228 Å². The van der Waals surface area contributed by atoms with Crippen LogP contribution in [0, 0.1) is 5.92 Å². The number of para-hydroxylation sites is 1. The second kappa shape index (κ2) is 11.3. The second-order valence-electron chi connectivity index (χ2n) is 9.64. The summed E-state index contributed by atoms with van der Waals surface area (Å²) in [6.07, 6.45) is -6.17. The third kappa shape index (κ3) is 6.70. The number of alkyl halides is 6. The summed E-state index contributed by atoms with van der Waals surface area (Å²) < 4.78 is 63.5. The number of halogens is 6. The molecule has 0 radical (unpaired) electrons. The van der Waals surface area contributed by atoms with Gasteiger partial charge < -0.3 is 25.0 Å². The first-order valence-electron chi connectivity index (χ1n) is 12.2. The number of aromatic amines is 1. The summed E-state index contributed by atoms with van der Waals surface area (Å²) in [7, 11) is 2.23. The van der Waals surface area contributed by atoms with E-state index in [1.54, 1.807) is 0 Å². The van der Waals surface area contributed by atoms with Crippen molar-refractivity contribution in [1.29, 1.82) is 0 Å². The van der Waals surface area contributed by atoms with Gasteiger partial charge in [0.25, 0.3) is 0 Å². The van der Waals surface area contributed by atoms with Gasteiger partial charge in [0.1, 0.15) is 0 Å². The Balaban J connectivity index is 0.000000232. The number of carboxylic acid groups (broad SMARTS) is 2. The van der Waals surface area contributed by atoms with Crippen LogP contribution < -0.4 is 4.90 Å². The molecule has 2 aromatic heterocycles. The third-order valence-corrected chi connectivity index (χ3v) is 6.91. The number of rotatable bonds is 2. The Morgan fingerprint density at radius 2 is 1.44 bits per heavy atom. The van der Waals surface area contributed by atoms with E-state index in [9.17, 15) is 26.3 Å². The number of nitrogens with one attached hydrogen (secondary N) is 1. The lowest BCUT2D eigenvalue weighted by Crippen LogP contribution is -2.52. The highest BCUT2D eigenvalue weighted by molar-refractivity contribution is 6.08. The predicted molar refractivity (Wildman–Crippen MR) is 139 cm³/mol. The highest BCUT2D eigenvalue weighted by Gasteiger charge is 2.43. The Kier molecular flexibility index (Phi) is 8.15. The fourth-order valence-electron chi connectivity index (χ4n) is 4.90. The predicted octanol–water partition coefficient (Wildman–Crippen LogP) is 5.40. The Morgan fingerprint density at radius 1 is 0.829 bits per heavy atom. The first-order valence-corrected chi connectivity index (χ1v) is 12.2. The molecule has 0 unspecified atom stereocenters. The summed E-state index contributed by atoms with van der Waals surface area (Å²) in [5.74, 6) is -4.69. The van der Waals surface area contributed by atoms with Crippen LogP contribution >= 0.6 is 0 Å². The van der Waals surface area contributed by atoms with E-state index in [-0.39, 0.29) is 0 Å². The number of aromatic nitrogens is 2. The fourth-order valence-corrected chi connectivity index (χ4v) is 4.90. The number of carbonyl (C=O) groups is 2. The lowest BCUT2D eigenvalue weighted by Gasteiger charge is -2.40. The van der Waals surface area contributed by atoms with Crippen LogP contribution in [0.3, 0.4) is 0 Å². The maximum atomic E-state index is 10.6. The van der Waals surface area contributed by atoms with Gasteiger partial charge in [-0.05, 0) is 36.9 Å². The quantitative estimate of drug-likeness (QED) is 0.272. The molecule has 2 saturated heterocycles. The molecule has 2 aliphatic heterocycles. The Hall–Kier alpha value is -4.33. The number of aliphatic carboxylic acids is 2. The van der Waals surface area contributed by atoms with Crippen molar-refractivity contribution in [3.8, 4) is 11.1 Å². The average molecular weight is 583 g/mol. The third-order valence-electron chi connectivity index (χ3n) is 6.91. The summed E-state index contributed by atoms with van der Waals surface area (Å²) in [4.78, 5) is 30.8. The van der Waals surface area contributed by atoms with Gasteiger partial charge in [-0.3, -0.25) is 4.98 Å². The van der Waals surface area contributed by atoms with Crippen molar-refractivity contribution in [3.63, 3.8) is 0 Å². The molecule has 0 amide bonds. The van der Waals surface area contributed by atoms with Crippen LogP contribution in [-0.4, -0.2) is 82.1 Å². The highest BCUT2D eigenvalue weighted by atomic mass is 19.4.